The third-order valence-corrected chi connectivity index (χ3v) is 5.58. The highest BCUT2D eigenvalue weighted by atomic mass is 19.1. The van der Waals surface area contributed by atoms with Gasteiger partial charge in [0, 0.05) is 43.6 Å². The Labute approximate surface area is 171 Å². The van der Waals surface area contributed by atoms with Crippen molar-refractivity contribution >= 4 is 11.4 Å². The van der Waals surface area contributed by atoms with Crippen LogP contribution in [-0.4, -0.2) is 40.7 Å². The molecule has 0 unspecified atom stereocenters. The zero-order valence-electron chi connectivity index (χ0n) is 16.4. The highest BCUT2D eigenvalue weighted by molar-refractivity contribution is 5.64. The van der Waals surface area contributed by atoms with Crippen LogP contribution in [-0.2, 0) is 6.42 Å². The Morgan fingerprint density at radius 2 is 1.76 bits per heavy atom. The Morgan fingerprint density at radius 1 is 1.00 bits per heavy atom. The number of anilines is 2. The van der Waals surface area contributed by atoms with Crippen molar-refractivity contribution in [3.05, 3.63) is 84.4 Å². The van der Waals surface area contributed by atoms with Crippen LogP contribution in [0.4, 0.5) is 15.8 Å². The summed E-state index contributed by atoms with van der Waals surface area (Å²) in [7, 11) is 0. The van der Waals surface area contributed by atoms with Gasteiger partial charge in [0.1, 0.15) is 11.6 Å². The van der Waals surface area contributed by atoms with Gasteiger partial charge in [0.25, 0.3) is 0 Å². The first-order chi connectivity index (χ1) is 14.2. The summed E-state index contributed by atoms with van der Waals surface area (Å²) in [5.41, 5.74) is 3.20. The molecular formula is C24H26FN3O. The molecule has 4 rings (SSSR count). The van der Waals surface area contributed by atoms with Gasteiger partial charge in [-0.25, -0.2) is 4.39 Å². The van der Waals surface area contributed by atoms with Crippen molar-refractivity contribution in [2.24, 2.45) is 0 Å². The standard InChI is InChI=1S/C24H26FN3O/c25-20-8-6-19(7-9-20)10-14-27-15-11-21(12-16-27)28(23-4-2-13-26-18-23)22-3-1-5-24(29)17-22/h1-9,13,17-18,21,29H,10-12,14-16H2. The lowest BCUT2D eigenvalue weighted by Crippen LogP contribution is -2.43. The fourth-order valence-corrected chi connectivity index (χ4v) is 4.05. The van der Waals surface area contributed by atoms with E-state index in [9.17, 15) is 9.50 Å². The smallest absolute Gasteiger partial charge is 0.123 e. The predicted molar refractivity (Wildman–Crippen MR) is 114 cm³/mol. The summed E-state index contributed by atoms with van der Waals surface area (Å²) in [6.45, 7) is 3.01. The fourth-order valence-electron chi connectivity index (χ4n) is 4.05. The highest BCUT2D eigenvalue weighted by Crippen LogP contribution is 2.33. The number of hydrogen-bond acceptors (Lipinski definition) is 4. The van der Waals surface area contributed by atoms with Crippen molar-refractivity contribution in [3.63, 3.8) is 0 Å². The average molecular weight is 391 g/mol. The maximum Gasteiger partial charge on any atom is 0.123 e. The fraction of sp³-hybridized carbons (Fsp3) is 0.292. The summed E-state index contributed by atoms with van der Waals surface area (Å²) in [6.07, 6.45) is 6.67. The third-order valence-electron chi connectivity index (χ3n) is 5.58. The number of piperidine rings is 1. The maximum atomic E-state index is 13.1. The number of phenolic OH excluding ortho intramolecular Hbond substituents is 1. The molecule has 5 heteroatoms. The van der Waals surface area contributed by atoms with Crippen molar-refractivity contribution < 1.29 is 9.50 Å². The number of benzene rings is 2. The Bertz CT molecular complexity index is 909. The second kappa shape index (κ2) is 9.05. The number of rotatable bonds is 6. The summed E-state index contributed by atoms with van der Waals surface area (Å²) in [5, 5.41) is 9.97. The molecule has 0 aliphatic carbocycles. The number of aromatic nitrogens is 1. The van der Waals surface area contributed by atoms with Crippen molar-refractivity contribution in [3.8, 4) is 5.75 Å². The molecule has 0 radical (unpaired) electrons. The summed E-state index contributed by atoms with van der Waals surface area (Å²) in [5.74, 6) is 0.0881. The van der Waals surface area contributed by atoms with E-state index in [-0.39, 0.29) is 11.6 Å². The summed E-state index contributed by atoms with van der Waals surface area (Å²) >= 11 is 0. The molecule has 1 N–H and O–H groups in total. The molecule has 0 amide bonds. The summed E-state index contributed by atoms with van der Waals surface area (Å²) in [4.78, 5) is 9.06. The molecule has 29 heavy (non-hydrogen) atoms. The van der Waals surface area contributed by atoms with Crippen LogP contribution >= 0.6 is 0 Å². The molecule has 1 aromatic heterocycles. The van der Waals surface area contributed by atoms with E-state index >= 15 is 0 Å². The number of pyridine rings is 1. The lowest BCUT2D eigenvalue weighted by atomic mass is 10.0. The van der Waals surface area contributed by atoms with E-state index < -0.39 is 0 Å². The van der Waals surface area contributed by atoms with Gasteiger partial charge in [-0.1, -0.05) is 18.2 Å². The minimum Gasteiger partial charge on any atom is -0.508 e. The second-order valence-corrected chi connectivity index (χ2v) is 7.55. The number of hydrogen-bond donors (Lipinski definition) is 1. The molecular weight excluding hydrogens is 365 g/mol. The van der Waals surface area contributed by atoms with E-state index in [1.54, 1.807) is 12.3 Å². The minimum absolute atomic E-state index is 0.183. The number of likely N-dealkylation sites (tertiary alicyclic amines) is 1. The Kier molecular flexibility index (Phi) is 6.06. The summed E-state index contributed by atoms with van der Waals surface area (Å²) in [6, 6.07) is 18.6. The molecule has 4 nitrogen and oxygen atoms in total. The quantitative estimate of drug-likeness (QED) is 0.657. The Morgan fingerprint density at radius 3 is 2.45 bits per heavy atom. The first kappa shape index (κ1) is 19.4. The van der Waals surface area contributed by atoms with Crippen LogP contribution in [0.1, 0.15) is 18.4 Å². The molecule has 0 saturated carbocycles. The van der Waals surface area contributed by atoms with E-state index in [0.717, 1.165) is 50.3 Å². The Hall–Kier alpha value is -2.92. The van der Waals surface area contributed by atoms with Crippen LogP contribution in [0.3, 0.4) is 0 Å². The van der Waals surface area contributed by atoms with Crippen molar-refractivity contribution in [1.29, 1.82) is 0 Å². The van der Waals surface area contributed by atoms with Crippen LogP contribution in [0.15, 0.2) is 73.1 Å². The number of aromatic hydroxyl groups is 1. The highest BCUT2D eigenvalue weighted by Gasteiger charge is 2.26. The molecule has 0 atom stereocenters. The maximum absolute atomic E-state index is 13.1. The molecule has 2 aromatic carbocycles. The normalized spacial score (nSPS) is 15.3. The molecule has 0 bridgehead atoms. The largest absolute Gasteiger partial charge is 0.508 e. The lowest BCUT2D eigenvalue weighted by Gasteiger charge is -2.39. The minimum atomic E-state index is -0.183. The van der Waals surface area contributed by atoms with Gasteiger partial charge >= 0.3 is 0 Å². The van der Waals surface area contributed by atoms with E-state index in [4.69, 9.17) is 0 Å². The topological polar surface area (TPSA) is 39.6 Å². The SMILES string of the molecule is Oc1cccc(N(c2cccnc2)C2CCN(CCc3ccc(F)cc3)CC2)c1. The van der Waals surface area contributed by atoms with Crippen LogP contribution in [0.25, 0.3) is 0 Å². The van der Waals surface area contributed by atoms with Gasteiger partial charge in [-0.3, -0.25) is 4.98 Å². The zero-order chi connectivity index (χ0) is 20.1. The number of halogens is 1. The average Bonchev–Trinajstić information content (AvgIpc) is 2.75. The first-order valence-corrected chi connectivity index (χ1v) is 10.1. The van der Waals surface area contributed by atoms with Gasteiger partial charge in [-0.2, -0.15) is 0 Å². The van der Waals surface area contributed by atoms with Crippen LogP contribution in [0, 0.1) is 5.82 Å². The van der Waals surface area contributed by atoms with Crippen molar-refractivity contribution in [2.45, 2.75) is 25.3 Å². The predicted octanol–water partition coefficient (Wildman–Crippen LogP) is 4.77. The molecule has 2 heterocycles. The van der Waals surface area contributed by atoms with Gasteiger partial charge in [-0.15, -0.1) is 0 Å². The van der Waals surface area contributed by atoms with E-state index in [1.165, 1.54) is 17.7 Å². The van der Waals surface area contributed by atoms with Gasteiger partial charge in [0.2, 0.25) is 0 Å². The van der Waals surface area contributed by atoms with Gasteiger partial charge in [-0.05, 0) is 61.2 Å². The molecule has 1 aliphatic rings. The molecule has 1 saturated heterocycles. The first-order valence-electron chi connectivity index (χ1n) is 10.1. The zero-order valence-corrected chi connectivity index (χ0v) is 16.4. The van der Waals surface area contributed by atoms with Crippen molar-refractivity contribution in [2.75, 3.05) is 24.5 Å². The lowest BCUT2D eigenvalue weighted by molar-refractivity contribution is 0.215. The van der Waals surface area contributed by atoms with Crippen LogP contribution in [0.5, 0.6) is 5.75 Å². The van der Waals surface area contributed by atoms with Crippen LogP contribution < -0.4 is 4.90 Å². The van der Waals surface area contributed by atoms with Crippen molar-refractivity contribution in [1.82, 2.24) is 9.88 Å². The molecule has 1 fully saturated rings. The second-order valence-electron chi connectivity index (χ2n) is 7.55. The van der Waals surface area contributed by atoms with Gasteiger partial charge in [0.05, 0.1) is 11.9 Å². The summed E-state index contributed by atoms with van der Waals surface area (Å²) < 4.78 is 13.1. The third kappa shape index (κ3) is 4.93. The van der Waals surface area contributed by atoms with Gasteiger partial charge < -0.3 is 14.9 Å². The molecule has 1 aliphatic heterocycles. The molecule has 0 spiro atoms. The van der Waals surface area contributed by atoms with Gasteiger partial charge in [0.15, 0.2) is 0 Å². The van der Waals surface area contributed by atoms with E-state index in [1.807, 2.05) is 42.6 Å². The number of nitrogens with zero attached hydrogens (tertiary/aromatic N) is 3. The monoisotopic (exact) mass is 391 g/mol. The molecule has 3 aromatic rings. The van der Waals surface area contributed by atoms with Crippen LogP contribution in [0.2, 0.25) is 0 Å². The number of phenols is 1. The molecule has 150 valence electrons. The van der Waals surface area contributed by atoms with E-state index in [2.05, 4.69) is 20.9 Å². The Balaban J connectivity index is 1.42. The van der Waals surface area contributed by atoms with E-state index in [0.29, 0.717) is 6.04 Å².